The lowest BCUT2D eigenvalue weighted by Gasteiger charge is -2.28. The average Bonchev–Trinajstić information content (AvgIpc) is 3.34. The molecule has 5 rings (SSSR count). The lowest BCUT2D eigenvalue weighted by Crippen LogP contribution is -2.38. The number of hydrogen-bond donors (Lipinski definition) is 1. The molecule has 130 valence electrons. The number of nitrogens with one attached hydrogen (secondary N) is 1. The van der Waals surface area contributed by atoms with Crippen molar-refractivity contribution in [3.63, 3.8) is 0 Å². The topological polar surface area (TPSA) is 29.1 Å². The molecule has 2 aliphatic carbocycles. The van der Waals surface area contributed by atoms with Crippen molar-refractivity contribution in [1.82, 2.24) is 0 Å². The van der Waals surface area contributed by atoms with Crippen LogP contribution in [0.25, 0.3) is 10.8 Å². The van der Waals surface area contributed by atoms with Crippen LogP contribution in [0.3, 0.4) is 0 Å². The van der Waals surface area contributed by atoms with E-state index in [9.17, 15) is 4.79 Å². The second kappa shape index (κ2) is 5.98. The molecule has 2 aliphatic rings. The van der Waals surface area contributed by atoms with Gasteiger partial charge in [-0.05, 0) is 53.8 Å². The molecule has 1 fully saturated rings. The van der Waals surface area contributed by atoms with E-state index in [2.05, 4.69) is 47.8 Å². The summed E-state index contributed by atoms with van der Waals surface area (Å²) in [6, 6.07) is 21.1. The first-order valence-electron chi connectivity index (χ1n) is 9.68. The predicted molar refractivity (Wildman–Crippen MR) is 107 cm³/mol. The van der Waals surface area contributed by atoms with Crippen LogP contribution >= 0.6 is 0 Å². The number of carbonyl (C=O) groups excluding carboxylic acids is 1. The molecule has 1 N–H and O–H groups in total. The molecule has 0 radical (unpaired) electrons. The predicted octanol–water partition coefficient (Wildman–Crippen LogP) is 5.39. The summed E-state index contributed by atoms with van der Waals surface area (Å²) >= 11 is 0. The fourth-order valence-electron chi connectivity index (χ4n) is 4.98. The van der Waals surface area contributed by atoms with Gasteiger partial charge in [-0.3, -0.25) is 4.79 Å². The molecule has 1 saturated carbocycles. The van der Waals surface area contributed by atoms with Crippen LogP contribution in [0.1, 0.15) is 42.4 Å². The Bertz CT molecular complexity index is 974. The summed E-state index contributed by atoms with van der Waals surface area (Å²) in [4.78, 5) is 13.5. The number of rotatable bonds is 3. The Kier molecular flexibility index (Phi) is 3.59. The zero-order valence-corrected chi connectivity index (χ0v) is 14.9. The molecular formula is C24H23NO. The first kappa shape index (κ1) is 15.6. The Balaban J connectivity index is 1.56. The number of benzene rings is 3. The maximum absolute atomic E-state index is 13.5. The van der Waals surface area contributed by atoms with Crippen LogP contribution in [0.15, 0.2) is 60.7 Å². The van der Waals surface area contributed by atoms with Gasteiger partial charge in [-0.25, -0.2) is 0 Å². The van der Waals surface area contributed by atoms with Crippen molar-refractivity contribution in [2.24, 2.45) is 0 Å². The van der Waals surface area contributed by atoms with Crippen molar-refractivity contribution >= 4 is 22.4 Å². The quantitative estimate of drug-likeness (QED) is 0.680. The third kappa shape index (κ3) is 2.28. The van der Waals surface area contributed by atoms with Crippen LogP contribution in [0.5, 0.6) is 0 Å². The van der Waals surface area contributed by atoms with Crippen molar-refractivity contribution < 1.29 is 4.79 Å². The van der Waals surface area contributed by atoms with Crippen molar-refractivity contribution in [3.8, 4) is 0 Å². The van der Waals surface area contributed by atoms with E-state index in [0.29, 0.717) is 0 Å². The van der Waals surface area contributed by atoms with Gasteiger partial charge in [0.25, 0.3) is 0 Å². The van der Waals surface area contributed by atoms with Crippen molar-refractivity contribution in [2.75, 3.05) is 5.32 Å². The summed E-state index contributed by atoms with van der Waals surface area (Å²) in [6.07, 6.45) is 6.32. The van der Waals surface area contributed by atoms with E-state index in [-0.39, 0.29) is 11.3 Å². The van der Waals surface area contributed by atoms with Crippen molar-refractivity contribution in [3.05, 3.63) is 77.4 Å². The summed E-state index contributed by atoms with van der Waals surface area (Å²) in [6.45, 7) is 0. The number of aryl methyl sites for hydroxylation is 2. The van der Waals surface area contributed by atoms with Gasteiger partial charge in [-0.2, -0.15) is 0 Å². The standard InChI is InChI=1S/C24H23NO/c26-23(24(15-4-5-16-24)19-8-2-1-3-9-19)25-21-14-13-18-12-11-17-7-6-10-20(21)22(17)18/h1-3,6-10,13-14H,4-5,11-12,15-16H2,(H,25,26). The minimum atomic E-state index is -0.385. The fraction of sp³-hybridized carbons (Fsp3) is 0.292. The highest BCUT2D eigenvalue weighted by Crippen LogP contribution is 2.43. The zero-order chi connectivity index (χ0) is 17.6. The molecule has 0 bridgehead atoms. The van der Waals surface area contributed by atoms with Gasteiger partial charge in [0.2, 0.25) is 5.91 Å². The summed E-state index contributed by atoms with van der Waals surface area (Å²) in [5.74, 6) is 0.153. The van der Waals surface area contributed by atoms with Crippen molar-refractivity contribution in [1.29, 1.82) is 0 Å². The molecule has 2 nitrogen and oxygen atoms in total. The van der Waals surface area contributed by atoms with Gasteiger partial charge in [-0.1, -0.05) is 67.4 Å². The summed E-state index contributed by atoms with van der Waals surface area (Å²) in [5, 5.41) is 5.85. The summed E-state index contributed by atoms with van der Waals surface area (Å²) < 4.78 is 0. The highest BCUT2D eigenvalue weighted by Gasteiger charge is 2.42. The first-order chi connectivity index (χ1) is 12.8. The Morgan fingerprint density at radius 3 is 2.31 bits per heavy atom. The number of hydrogen-bond acceptors (Lipinski definition) is 1. The second-order valence-electron chi connectivity index (χ2n) is 7.72. The molecule has 3 aromatic carbocycles. The Labute approximate surface area is 154 Å². The van der Waals surface area contributed by atoms with Crippen LogP contribution in [-0.2, 0) is 23.1 Å². The number of carbonyl (C=O) groups is 1. The molecule has 3 aromatic rings. The fourth-order valence-corrected chi connectivity index (χ4v) is 4.98. The van der Waals surface area contributed by atoms with Crippen LogP contribution in [0.2, 0.25) is 0 Å². The van der Waals surface area contributed by atoms with E-state index in [0.717, 1.165) is 49.8 Å². The van der Waals surface area contributed by atoms with Gasteiger partial charge in [0, 0.05) is 11.1 Å². The highest BCUT2D eigenvalue weighted by atomic mass is 16.2. The van der Waals surface area contributed by atoms with Gasteiger partial charge >= 0.3 is 0 Å². The Morgan fingerprint density at radius 1 is 0.808 bits per heavy atom. The minimum absolute atomic E-state index is 0.153. The monoisotopic (exact) mass is 341 g/mol. The van der Waals surface area contributed by atoms with E-state index in [1.165, 1.54) is 21.9 Å². The summed E-state index contributed by atoms with van der Waals surface area (Å²) in [5.41, 5.74) is 4.55. The third-order valence-electron chi connectivity index (χ3n) is 6.34. The molecule has 26 heavy (non-hydrogen) atoms. The smallest absolute Gasteiger partial charge is 0.235 e. The number of amides is 1. The molecule has 0 aromatic heterocycles. The molecule has 1 amide bonds. The third-order valence-corrected chi connectivity index (χ3v) is 6.34. The minimum Gasteiger partial charge on any atom is -0.325 e. The van der Waals surface area contributed by atoms with Crippen LogP contribution in [0.4, 0.5) is 5.69 Å². The zero-order valence-electron chi connectivity index (χ0n) is 14.9. The van der Waals surface area contributed by atoms with E-state index >= 15 is 0 Å². The Hall–Kier alpha value is -2.61. The largest absolute Gasteiger partial charge is 0.325 e. The van der Waals surface area contributed by atoms with Crippen molar-refractivity contribution in [2.45, 2.75) is 43.9 Å². The van der Waals surface area contributed by atoms with Crippen LogP contribution < -0.4 is 5.32 Å². The molecule has 0 atom stereocenters. The van der Waals surface area contributed by atoms with Gasteiger partial charge in [0.1, 0.15) is 0 Å². The maximum atomic E-state index is 13.5. The SMILES string of the molecule is O=C(Nc1ccc2c3c(cccc13)CC2)C1(c2ccccc2)CCCC1. The molecule has 0 spiro atoms. The first-order valence-corrected chi connectivity index (χ1v) is 9.68. The van der Waals surface area contributed by atoms with Crippen LogP contribution in [0, 0.1) is 0 Å². The maximum Gasteiger partial charge on any atom is 0.235 e. The molecule has 2 heteroatoms. The normalized spacial score (nSPS) is 17.5. The second-order valence-corrected chi connectivity index (χ2v) is 7.72. The van der Waals surface area contributed by atoms with Gasteiger partial charge < -0.3 is 5.32 Å². The Morgan fingerprint density at radius 2 is 1.54 bits per heavy atom. The highest BCUT2D eigenvalue weighted by molar-refractivity contribution is 6.08. The van der Waals surface area contributed by atoms with E-state index in [1.54, 1.807) is 0 Å². The molecular weight excluding hydrogens is 318 g/mol. The average molecular weight is 341 g/mol. The molecule has 0 aliphatic heterocycles. The van der Waals surface area contributed by atoms with E-state index < -0.39 is 0 Å². The summed E-state index contributed by atoms with van der Waals surface area (Å²) in [7, 11) is 0. The molecule has 0 heterocycles. The number of anilines is 1. The van der Waals surface area contributed by atoms with Gasteiger partial charge in [-0.15, -0.1) is 0 Å². The lowest BCUT2D eigenvalue weighted by atomic mass is 9.78. The molecule has 0 unspecified atom stereocenters. The van der Waals surface area contributed by atoms with Crippen LogP contribution in [-0.4, -0.2) is 5.91 Å². The molecule has 0 saturated heterocycles. The van der Waals surface area contributed by atoms with E-state index in [4.69, 9.17) is 0 Å². The van der Waals surface area contributed by atoms with Gasteiger partial charge in [0.15, 0.2) is 0 Å². The van der Waals surface area contributed by atoms with Gasteiger partial charge in [0.05, 0.1) is 5.41 Å². The lowest BCUT2D eigenvalue weighted by molar-refractivity contribution is -0.121. The van der Waals surface area contributed by atoms with E-state index in [1.807, 2.05) is 18.2 Å².